The van der Waals surface area contributed by atoms with Crippen molar-refractivity contribution < 1.29 is 26.4 Å². The van der Waals surface area contributed by atoms with E-state index in [0.717, 1.165) is 10.4 Å². The third kappa shape index (κ3) is 3.17. The molecule has 1 aromatic carbocycles. The van der Waals surface area contributed by atoms with Gasteiger partial charge in [-0.25, -0.2) is 8.42 Å². The molecule has 0 saturated carbocycles. The summed E-state index contributed by atoms with van der Waals surface area (Å²) in [6.07, 6.45) is -4.63. The Kier molecular flexibility index (Phi) is 4.42. The van der Waals surface area contributed by atoms with Crippen LogP contribution in [0.2, 0.25) is 5.02 Å². The Morgan fingerprint density at radius 2 is 1.91 bits per heavy atom. The van der Waals surface area contributed by atoms with Crippen molar-refractivity contribution in [1.29, 1.82) is 0 Å². The number of carbonyl (C=O) groups excluding carboxylic acids is 1. The van der Waals surface area contributed by atoms with Crippen molar-refractivity contribution in [2.45, 2.75) is 30.5 Å². The summed E-state index contributed by atoms with van der Waals surface area (Å²) in [5.41, 5.74) is -2.42. The van der Waals surface area contributed by atoms with E-state index in [1.807, 2.05) is 0 Å². The lowest BCUT2D eigenvalue weighted by atomic mass is 10.0. The van der Waals surface area contributed by atoms with Crippen LogP contribution in [0.3, 0.4) is 0 Å². The number of carbonyl (C=O) groups is 1. The summed E-state index contributed by atoms with van der Waals surface area (Å²) in [7, 11) is -4.22. The zero-order valence-electron chi connectivity index (χ0n) is 12.2. The zero-order chi connectivity index (χ0) is 17.6. The predicted octanol–water partition coefficient (Wildman–Crippen LogP) is 2.26. The number of amides is 1. The molecule has 1 amide bonds. The maximum Gasteiger partial charge on any atom is 0.416 e. The van der Waals surface area contributed by atoms with Gasteiger partial charge < -0.3 is 5.32 Å². The molecule has 0 unspecified atom stereocenters. The number of piperazine rings is 1. The second-order valence-corrected chi connectivity index (χ2v) is 7.77. The number of benzene rings is 1. The molecule has 128 valence electrons. The Morgan fingerprint density at radius 3 is 2.43 bits per heavy atom. The SMILES string of the molecule is CC1(C)C(=O)NCCN1S(=O)(=O)c1ccc(C(F)(F)F)cc1Cl. The van der Waals surface area contributed by atoms with Crippen LogP contribution in [0, 0.1) is 0 Å². The molecule has 0 atom stereocenters. The summed E-state index contributed by atoms with van der Waals surface area (Å²) < 4.78 is 64.3. The highest BCUT2D eigenvalue weighted by molar-refractivity contribution is 7.89. The van der Waals surface area contributed by atoms with Gasteiger partial charge in [-0.05, 0) is 32.0 Å². The fourth-order valence-electron chi connectivity index (χ4n) is 2.31. The number of alkyl halides is 3. The van der Waals surface area contributed by atoms with Crippen LogP contribution in [0.15, 0.2) is 23.1 Å². The van der Waals surface area contributed by atoms with Crippen molar-refractivity contribution in [3.8, 4) is 0 Å². The lowest BCUT2D eigenvalue weighted by Gasteiger charge is -2.40. The maximum atomic E-state index is 12.7. The van der Waals surface area contributed by atoms with E-state index in [1.54, 1.807) is 0 Å². The van der Waals surface area contributed by atoms with Gasteiger partial charge in [0.05, 0.1) is 10.6 Å². The molecule has 5 nitrogen and oxygen atoms in total. The molecule has 0 spiro atoms. The number of sulfonamides is 1. The highest BCUT2D eigenvalue weighted by atomic mass is 35.5. The maximum absolute atomic E-state index is 12.7. The first-order chi connectivity index (χ1) is 10.4. The van der Waals surface area contributed by atoms with Crippen molar-refractivity contribution in [2.75, 3.05) is 13.1 Å². The van der Waals surface area contributed by atoms with E-state index >= 15 is 0 Å². The minimum absolute atomic E-state index is 0.00156. The van der Waals surface area contributed by atoms with Gasteiger partial charge in [0, 0.05) is 13.1 Å². The van der Waals surface area contributed by atoms with Crippen LogP contribution in [-0.4, -0.2) is 37.3 Å². The molecule has 0 radical (unpaired) electrons. The molecule has 0 bridgehead atoms. The Labute approximate surface area is 136 Å². The van der Waals surface area contributed by atoms with Crippen molar-refractivity contribution in [3.63, 3.8) is 0 Å². The highest BCUT2D eigenvalue weighted by Crippen LogP contribution is 2.35. The van der Waals surface area contributed by atoms with Gasteiger partial charge in [0.1, 0.15) is 10.4 Å². The summed E-state index contributed by atoms with van der Waals surface area (Å²) in [4.78, 5) is 11.4. The Bertz CT molecular complexity index is 747. The molecule has 1 fully saturated rings. The van der Waals surface area contributed by atoms with Crippen molar-refractivity contribution in [3.05, 3.63) is 28.8 Å². The van der Waals surface area contributed by atoms with Crippen LogP contribution in [0.1, 0.15) is 19.4 Å². The average Bonchev–Trinajstić information content (AvgIpc) is 2.40. The molecule has 1 aromatic rings. The first-order valence-electron chi connectivity index (χ1n) is 6.56. The van der Waals surface area contributed by atoms with Crippen LogP contribution >= 0.6 is 11.6 Å². The third-order valence-electron chi connectivity index (χ3n) is 3.61. The molecule has 2 rings (SSSR count). The minimum atomic E-state index is -4.63. The van der Waals surface area contributed by atoms with E-state index in [4.69, 9.17) is 11.6 Å². The number of nitrogens with one attached hydrogen (secondary N) is 1. The fraction of sp³-hybridized carbons (Fsp3) is 0.462. The Morgan fingerprint density at radius 1 is 1.30 bits per heavy atom. The first-order valence-corrected chi connectivity index (χ1v) is 8.38. The lowest BCUT2D eigenvalue weighted by molar-refractivity contribution is -0.137. The second-order valence-electron chi connectivity index (χ2n) is 5.54. The molecule has 23 heavy (non-hydrogen) atoms. The van der Waals surface area contributed by atoms with Gasteiger partial charge in [0.2, 0.25) is 15.9 Å². The molecule has 1 saturated heterocycles. The fourth-order valence-corrected chi connectivity index (χ4v) is 4.58. The molecule has 1 heterocycles. The quantitative estimate of drug-likeness (QED) is 0.868. The number of nitrogens with zero attached hydrogens (tertiary/aromatic N) is 1. The van der Waals surface area contributed by atoms with E-state index < -0.39 is 43.1 Å². The average molecular weight is 371 g/mol. The molecule has 0 aliphatic carbocycles. The number of halogens is 4. The second kappa shape index (κ2) is 5.64. The van der Waals surface area contributed by atoms with Gasteiger partial charge in [-0.1, -0.05) is 11.6 Å². The van der Waals surface area contributed by atoms with Crippen molar-refractivity contribution in [2.24, 2.45) is 0 Å². The topological polar surface area (TPSA) is 66.5 Å². The summed E-state index contributed by atoms with van der Waals surface area (Å²) in [6.45, 7) is 2.94. The highest BCUT2D eigenvalue weighted by Gasteiger charge is 2.45. The van der Waals surface area contributed by atoms with E-state index in [0.29, 0.717) is 12.1 Å². The zero-order valence-corrected chi connectivity index (χ0v) is 13.8. The van der Waals surface area contributed by atoms with Crippen LogP contribution in [-0.2, 0) is 21.0 Å². The summed E-state index contributed by atoms with van der Waals surface area (Å²) in [5, 5.41) is 2.00. The van der Waals surface area contributed by atoms with Crippen LogP contribution in [0.4, 0.5) is 13.2 Å². The molecule has 10 heteroatoms. The van der Waals surface area contributed by atoms with Crippen molar-refractivity contribution in [1.82, 2.24) is 9.62 Å². The van der Waals surface area contributed by atoms with E-state index in [-0.39, 0.29) is 13.1 Å². The standard InChI is InChI=1S/C13H14ClF3N2O3S/c1-12(2)11(20)18-5-6-19(12)23(21,22)10-4-3-8(7-9(10)14)13(15,16)17/h3-4,7H,5-6H2,1-2H3,(H,18,20). The van der Waals surface area contributed by atoms with Gasteiger partial charge in [0.25, 0.3) is 0 Å². The van der Waals surface area contributed by atoms with Crippen LogP contribution in [0.25, 0.3) is 0 Å². The van der Waals surface area contributed by atoms with E-state index in [1.165, 1.54) is 13.8 Å². The molecular weight excluding hydrogens is 357 g/mol. The summed E-state index contributed by atoms with van der Waals surface area (Å²) in [6, 6.07) is 2.02. The third-order valence-corrected chi connectivity index (χ3v) is 6.16. The predicted molar refractivity (Wildman–Crippen MR) is 77.4 cm³/mol. The minimum Gasteiger partial charge on any atom is -0.353 e. The molecular formula is C13H14ClF3N2O3S. The number of hydrogen-bond donors (Lipinski definition) is 1. The van der Waals surface area contributed by atoms with Gasteiger partial charge in [0.15, 0.2) is 0 Å². The lowest BCUT2D eigenvalue weighted by Crippen LogP contribution is -2.63. The number of rotatable bonds is 2. The molecule has 1 N–H and O–H groups in total. The Hall–Kier alpha value is -1.32. The van der Waals surface area contributed by atoms with Gasteiger partial charge in [-0.15, -0.1) is 0 Å². The van der Waals surface area contributed by atoms with Gasteiger partial charge in [-0.3, -0.25) is 4.79 Å². The smallest absolute Gasteiger partial charge is 0.353 e. The molecule has 0 aromatic heterocycles. The van der Waals surface area contributed by atoms with Gasteiger partial charge >= 0.3 is 6.18 Å². The monoisotopic (exact) mass is 370 g/mol. The van der Waals surface area contributed by atoms with E-state index in [2.05, 4.69) is 5.32 Å². The first kappa shape index (κ1) is 18.0. The molecule has 1 aliphatic rings. The van der Waals surface area contributed by atoms with Crippen molar-refractivity contribution >= 4 is 27.5 Å². The largest absolute Gasteiger partial charge is 0.416 e. The Balaban J connectivity index is 2.50. The summed E-state index contributed by atoms with van der Waals surface area (Å²) >= 11 is 5.76. The molecule has 1 aliphatic heterocycles. The van der Waals surface area contributed by atoms with Gasteiger partial charge in [-0.2, -0.15) is 17.5 Å². The normalized spacial score (nSPS) is 19.5. The van der Waals surface area contributed by atoms with Crippen LogP contribution in [0.5, 0.6) is 0 Å². The number of hydrogen-bond acceptors (Lipinski definition) is 3. The summed E-state index contributed by atoms with van der Waals surface area (Å²) in [5.74, 6) is -0.490. The van der Waals surface area contributed by atoms with Crippen LogP contribution < -0.4 is 5.32 Å². The van der Waals surface area contributed by atoms with E-state index in [9.17, 15) is 26.4 Å².